The lowest BCUT2D eigenvalue weighted by atomic mass is 9.97. The summed E-state index contributed by atoms with van der Waals surface area (Å²) in [5.41, 5.74) is 3.59. The van der Waals surface area contributed by atoms with Crippen molar-refractivity contribution in [3.05, 3.63) is 59.2 Å². The minimum atomic E-state index is 0.110. The molecule has 2 aromatic carbocycles. The van der Waals surface area contributed by atoms with Crippen LogP contribution >= 0.6 is 0 Å². The van der Waals surface area contributed by atoms with Crippen LogP contribution in [0.15, 0.2) is 42.5 Å². The molecule has 2 rings (SSSR count). The van der Waals surface area contributed by atoms with Crippen molar-refractivity contribution in [1.29, 1.82) is 0 Å². The number of nitrogens with one attached hydrogen (secondary N) is 1. The highest BCUT2D eigenvalue weighted by Crippen LogP contribution is 2.30. The topological polar surface area (TPSA) is 30.5 Å². The van der Waals surface area contributed by atoms with Gasteiger partial charge in [-0.3, -0.25) is 0 Å². The molecule has 106 valence electrons. The van der Waals surface area contributed by atoms with Crippen LogP contribution in [-0.2, 0) is 0 Å². The zero-order valence-electron chi connectivity index (χ0n) is 12.4. The molecule has 0 amide bonds. The zero-order chi connectivity index (χ0) is 14.5. The van der Waals surface area contributed by atoms with Gasteiger partial charge in [-0.25, -0.2) is 0 Å². The normalized spacial score (nSPS) is 12.0. The largest absolute Gasteiger partial charge is 0.497 e. The first-order valence-corrected chi connectivity index (χ1v) is 6.64. The molecule has 0 aliphatic heterocycles. The lowest BCUT2D eigenvalue weighted by Crippen LogP contribution is -2.17. The monoisotopic (exact) mass is 271 g/mol. The van der Waals surface area contributed by atoms with Gasteiger partial charge in [0, 0.05) is 6.07 Å². The van der Waals surface area contributed by atoms with Gasteiger partial charge >= 0.3 is 0 Å². The molecule has 0 saturated carbocycles. The number of rotatable bonds is 5. The Labute approximate surface area is 120 Å². The van der Waals surface area contributed by atoms with Crippen LogP contribution in [-0.4, -0.2) is 21.3 Å². The fourth-order valence-corrected chi connectivity index (χ4v) is 2.37. The standard InChI is InChI=1S/C17H21NO2/c1-12-6-5-7-13(8-12)17(18-2)14-9-15(19-3)11-16(10-14)20-4/h5-11,17-18H,1-4H3. The molecule has 2 aromatic rings. The third-order valence-corrected chi connectivity index (χ3v) is 3.37. The van der Waals surface area contributed by atoms with E-state index in [1.807, 2.05) is 25.2 Å². The first-order chi connectivity index (χ1) is 9.67. The molecule has 1 unspecified atom stereocenters. The summed E-state index contributed by atoms with van der Waals surface area (Å²) in [4.78, 5) is 0. The van der Waals surface area contributed by atoms with Gasteiger partial charge < -0.3 is 14.8 Å². The molecular weight excluding hydrogens is 250 g/mol. The highest BCUT2D eigenvalue weighted by Gasteiger charge is 2.14. The van der Waals surface area contributed by atoms with Crippen molar-refractivity contribution in [3.63, 3.8) is 0 Å². The van der Waals surface area contributed by atoms with Crippen molar-refractivity contribution >= 4 is 0 Å². The van der Waals surface area contributed by atoms with E-state index in [9.17, 15) is 0 Å². The van der Waals surface area contributed by atoms with Crippen molar-refractivity contribution in [2.24, 2.45) is 0 Å². The number of hydrogen-bond donors (Lipinski definition) is 1. The summed E-state index contributed by atoms with van der Waals surface area (Å²) < 4.78 is 10.7. The molecule has 0 aromatic heterocycles. The lowest BCUT2D eigenvalue weighted by molar-refractivity contribution is 0.392. The molecule has 0 aliphatic carbocycles. The van der Waals surface area contributed by atoms with Crippen LogP contribution in [0.5, 0.6) is 11.5 Å². The minimum Gasteiger partial charge on any atom is -0.497 e. The van der Waals surface area contributed by atoms with Gasteiger partial charge in [-0.2, -0.15) is 0 Å². The maximum absolute atomic E-state index is 5.34. The van der Waals surface area contributed by atoms with E-state index in [4.69, 9.17) is 9.47 Å². The smallest absolute Gasteiger partial charge is 0.122 e. The van der Waals surface area contributed by atoms with Gasteiger partial charge in [-0.05, 0) is 37.2 Å². The summed E-state index contributed by atoms with van der Waals surface area (Å²) >= 11 is 0. The van der Waals surface area contributed by atoms with Crippen molar-refractivity contribution in [3.8, 4) is 11.5 Å². The van der Waals surface area contributed by atoms with Crippen LogP contribution in [0, 0.1) is 6.92 Å². The molecule has 3 heteroatoms. The Bertz CT molecular complexity index is 559. The molecular formula is C17H21NO2. The molecule has 20 heavy (non-hydrogen) atoms. The van der Waals surface area contributed by atoms with E-state index in [-0.39, 0.29) is 6.04 Å². The van der Waals surface area contributed by atoms with Crippen molar-refractivity contribution in [1.82, 2.24) is 5.32 Å². The van der Waals surface area contributed by atoms with Gasteiger partial charge in [-0.1, -0.05) is 29.8 Å². The summed E-state index contributed by atoms with van der Waals surface area (Å²) in [7, 11) is 5.29. The fraction of sp³-hybridized carbons (Fsp3) is 0.294. The quantitative estimate of drug-likeness (QED) is 0.905. The molecule has 0 aliphatic rings. The van der Waals surface area contributed by atoms with E-state index in [0.29, 0.717) is 0 Å². The molecule has 0 fully saturated rings. The summed E-state index contributed by atoms with van der Waals surface area (Å²) in [5.74, 6) is 1.60. The highest BCUT2D eigenvalue weighted by molar-refractivity contribution is 5.43. The second-order valence-corrected chi connectivity index (χ2v) is 4.78. The summed E-state index contributed by atoms with van der Waals surface area (Å²) in [6, 6.07) is 14.5. The second kappa shape index (κ2) is 6.44. The second-order valence-electron chi connectivity index (χ2n) is 4.78. The van der Waals surface area contributed by atoms with Gasteiger partial charge in [-0.15, -0.1) is 0 Å². The maximum atomic E-state index is 5.34. The van der Waals surface area contributed by atoms with E-state index in [1.54, 1.807) is 14.2 Å². The predicted molar refractivity (Wildman–Crippen MR) is 81.6 cm³/mol. The Morgan fingerprint density at radius 3 is 2.05 bits per heavy atom. The van der Waals surface area contributed by atoms with Crippen LogP contribution in [0.3, 0.4) is 0 Å². The van der Waals surface area contributed by atoms with E-state index < -0.39 is 0 Å². The van der Waals surface area contributed by atoms with Crippen molar-refractivity contribution in [2.75, 3.05) is 21.3 Å². The number of ether oxygens (including phenoxy) is 2. The Kier molecular flexibility index (Phi) is 4.64. The van der Waals surface area contributed by atoms with E-state index >= 15 is 0 Å². The molecule has 0 heterocycles. The zero-order valence-corrected chi connectivity index (χ0v) is 12.4. The maximum Gasteiger partial charge on any atom is 0.122 e. The Morgan fingerprint density at radius 1 is 0.900 bits per heavy atom. The van der Waals surface area contributed by atoms with E-state index in [2.05, 4.69) is 36.5 Å². The average Bonchev–Trinajstić information content (AvgIpc) is 2.47. The van der Waals surface area contributed by atoms with Gasteiger partial charge in [0.25, 0.3) is 0 Å². The highest BCUT2D eigenvalue weighted by atomic mass is 16.5. The number of benzene rings is 2. The molecule has 0 bridgehead atoms. The molecule has 0 radical (unpaired) electrons. The van der Waals surface area contributed by atoms with Gasteiger partial charge in [0.05, 0.1) is 20.3 Å². The molecule has 0 spiro atoms. The number of hydrogen-bond acceptors (Lipinski definition) is 3. The number of methoxy groups -OCH3 is 2. The van der Waals surface area contributed by atoms with E-state index in [1.165, 1.54) is 11.1 Å². The Hall–Kier alpha value is -2.00. The third kappa shape index (κ3) is 3.11. The predicted octanol–water partition coefficient (Wildman–Crippen LogP) is 3.32. The first-order valence-electron chi connectivity index (χ1n) is 6.64. The van der Waals surface area contributed by atoms with Crippen molar-refractivity contribution in [2.45, 2.75) is 13.0 Å². The SMILES string of the molecule is CNC(c1cccc(C)c1)c1cc(OC)cc(OC)c1. The molecule has 1 N–H and O–H groups in total. The summed E-state index contributed by atoms with van der Waals surface area (Å²) in [5, 5.41) is 3.35. The van der Waals surface area contributed by atoms with Gasteiger partial charge in [0.15, 0.2) is 0 Å². The van der Waals surface area contributed by atoms with Crippen LogP contribution in [0.4, 0.5) is 0 Å². The molecule has 0 saturated heterocycles. The third-order valence-electron chi connectivity index (χ3n) is 3.37. The summed E-state index contributed by atoms with van der Waals surface area (Å²) in [6.45, 7) is 2.10. The van der Waals surface area contributed by atoms with Crippen LogP contribution < -0.4 is 14.8 Å². The van der Waals surface area contributed by atoms with Gasteiger partial charge in [0.1, 0.15) is 11.5 Å². The Balaban J connectivity index is 2.45. The van der Waals surface area contributed by atoms with Crippen LogP contribution in [0.2, 0.25) is 0 Å². The van der Waals surface area contributed by atoms with Crippen LogP contribution in [0.25, 0.3) is 0 Å². The van der Waals surface area contributed by atoms with Crippen LogP contribution in [0.1, 0.15) is 22.7 Å². The lowest BCUT2D eigenvalue weighted by Gasteiger charge is -2.19. The Morgan fingerprint density at radius 2 is 1.55 bits per heavy atom. The molecule has 3 nitrogen and oxygen atoms in total. The first kappa shape index (κ1) is 14.4. The van der Waals surface area contributed by atoms with E-state index in [0.717, 1.165) is 17.1 Å². The minimum absolute atomic E-state index is 0.110. The average molecular weight is 271 g/mol. The number of aryl methyl sites for hydroxylation is 1. The van der Waals surface area contributed by atoms with Crippen molar-refractivity contribution < 1.29 is 9.47 Å². The summed E-state index contributed by atoms with van der Waals surface area (Å²) in [6.07, 6.45) is 0. The van der Waals surface area contributed by atoms with Gasteiger partial charge in [0.2, 0.25) is 0 Å². The fourth-order valence-electron chi connectivity index (χ4n) is 2.37. The molecule has 1 atom stereocenters.